The number of rotatable bonds is 11. The van der Waals surface area contributed by atoms with Crippen molar-refractivity contribution in [1.82, 2.24) is 4.90 Å². The molecule has 1 aromatic carbocycles. The van der Waals surface area contributed by atoms with Crippen molar-refractivity contribution in [2.75, 3.05) is 6.61 Å². The lowest BCUT2D eigenvalue weighted by atomic mass is 9.71. The van der Waals surface area contributed by atoms with Crippen molar-refractivity contribution in [3.8, 4) is 0 Å². The van der Waals surface area contributed by atoms with Crippen LogP contribution in [-0.4, -0.2) is 40.6 Å². The first kappa shape index (κ1) is 25.5. The summed E-state index contributed by atoms with van der Waals surface area (Å²) in [6.45, 7) is 4.80. The number of amides is 2. The summed E-state index contributed by atoms with van der Waals surface area (Å²) in [5.74, 6) is -0.904. The lowest BCUT2D eigenvalue weighted by molar-refractivity contribution is -0.142. The molecule has 5 atom stereocenters. The van der Waals surface area contributed by atoms with Crippen LogP contribution in [-0.2, 0) is 25.6 Å². The van der Waals surface area contributed by atoms with Gasteiger partial charge in [0.15, 0.2) is 0 Å². The van der Waals surface area contributed by atoms with Crippen molar-refractivity contribution in [3.05, 3.63) is 59.6 Å². The van der Waals surface area contributed by atoms with Crippen LogP contribution >= 0.6 is 0 Å². The minimum absolute atomic E-state index is 0.183. The highest BCUT2D eigenvalue weighted by Gasteiger charge is 2.58. The monoisotopic (exact) mass is 481 g/mol. The number of unbranched alkanes of at least 4 members (excludes halogenated alkanes) is 5. The number of fused-ring (bicyclic) bond motifs is 3. The molecule has 2 heterocycles. The SMILES string of the molecule is CCCCCCC/C=C/[C@@H]1C[C@H](O)[C@H]2C(=C(OCC)C[C@H]3C(=O)N(Cc4ccccc4)C(=O)[C@@H]23)O1. The number of aliphatic hydroxyl groups is 1. The molecule has 0 bridgehead atoms. The topological polar surface area (TPSA) is 76.1 Å². The first-order valence-electron chi connectivity index (χ1n) is 13.3. The highest BCUT2D eigenvalue weighted by molar-refractivity contribution is 6.05. The van der Waals surface area contributed by atoms with E-state index in [0.29, 0.717) is 31.0 Å². The van der Waals surface area contributed by atoms with E-state index in [2.05, 4.69) is 13.0 Å². The van der Waals surface area contributed by atoms with E-state index in [4.69, 9.17) is 9.47 Å². The molecule has 6 nitrogen and oxygen atoms in total. The fraction of sp³-hybridized carbons (Fsp3) is 0.586. The van der Waals surface area contributed by atoms with Gasteiger partial charge in [-0.1, -0.05) is 69.0 Å². The summed E-state index contributed by atoms with van der Waals surface area (Å²) in [5, 5.41) is 11.2. The third-order valence-corrected chi connectivity index (χ3v) is 7.43. The maximum atomic E-state index is 13.5. The number of allylic oxidation sites excluding steroid dienone is 2. The van der Waals surface area contributed by atoms with E-state index in [1.165, 1.54) is 30.6 Å². The van der Waals surface area contributed by atoms with Crippen LogP contribution < -0.4 is 0 Å². The normalized spacial score (nSPS) is 28.3. The average Bonchev–Trinajstić information content (AvgIpc) is 3.09. The smallest absolute Gasteiger partial charge is 0.234 e. The summed E-state index contributed by atoms with van der Waals surface area (Å²) < 4.78 is 12.3. The van der Waals surface area contributed by atoms with Crippen LogP contribution in [0.15, 0.2) is 54.0 Å². The second kappa shape index (κ2) is 11.9. The minimum atomic E-state index is -0.769. The zero-order chi connectivity index (χ0) is 24.8. The number of imide groups is 1. The quantitative estimate of drug-likeness (QED) is 0.270. The molecule has 0 aromatic heterocycles. The van der Waals surface area contributed by atoms with Crippen LogP contribution in [0, 0.1) is 17.8 Å². The third kappa shape index (κ3) is 5.64. The Bertz CT molecular complexity index is 940. The summed E-state index contributed by atoms with van der Waals surface area (Å²) in [6.07, 6.45) is 11.0. The third-order valence-electron chi connectivity index (χ3n) is 7.43. The second-order valence-corrected chi connectivity index (χ2v) is 9.92. The number of carbonyl (C=O) groups is 2. The Morgan fingerprint density at radius 1 is 1.06 bits per heavy atom. The summed E-state index contributed by atoms with van der Waals surface area (Å²) in [4.78, 5) is 28.1. The molecule has 190 valence electrons. The lowest BCUT2D eigenvalue weighted by Crippen LogP contribution is -2.46. The van der Waals surface area contributed by atoms with Crippen molar-refractivity contribution < 1.29 is 24.2 Å². The highest BCUT2D eigenvalue weighted by Crippen LogP contribution is 2.50. The lowest BCUT2D eigenvalue weighted by Gasteiger charge is -2.42. The van der Waals surface area contributed by atoms with E-state index >= 15 is 0 Å². The fourth-order valence-electron chi connectivity index (χ4n) is 5.69. The van der Waals surface area contributed by atoms with Gasteiger partial charge in [0.2, 0.25) is 11.8 Å². The molecule has 4 rings (SSSR count). The first-order chi connectivity index (χ1) is 17.0. The zero-order valence-electron chi connectivity index (χ0n) is 21.0. The summed E-state index contributed by atoms with van der Waals surface area (Å²) in [6, 6.07) is 9.54. The Morgan fingerprint density at radius 2 is 1.83 bits per heavy atom. The van der Waals surface area contributed by atoms with Gasteiger partial charge in [0.05, 0.1) is 37.0 Å². The molecule has 6 heteroatoms. The summed E-state index contributed by atoms with van der Waals surface area (Å²) in [5.41, 5.74) is 0.909. The van der Waals surface area contributed by atoms with Crippen molar-refractivity contribution in [1.29, 1.82) is 0 Å². The van der Waals surface area contributed by atoms with Gasteiger partial charge >= 0.3 is 0 Å². The Balaban J connectivity index is 1.48. The first-order valence-corrected chi connectivity index (χ1v) is 13.3. The average molecular weight is 482 g/mol. The number of benzene rings is 1. The standard InChI is InChI=1S/C29H39NO5/c1-3-5-6-7-8-9-13-16-21-17-23(31)26-25-22(18-24(34-4-2)27(26)35-21)28(32)30(29(25)33)19-20-14-11-10-12-15-20/h10-16,21-23,25-26,31H,3-9,17-19H2,1-2H3/b16-13+/t21-,22-,23+,25-,26-/m1/s1. The van der Waals surface area contributed by atoms with E-state index in [1.54, 1.807) is 0 Å². The van der Waals surface area contributed by atoms with Gasteiger partial charge in [0, 0.05) is 12.8 Å². The maximum Gasteiger partial charge on any atom is 0.234 e. The van der Waals surface area contributed by atoms with Crippen molar-refractivity contribution in [3.63, 3.8) is 0 Å². The zero-order valence-corrected chi connectivity index (χ0v) is 21.0. The molecule has 1 N–H and O–H groups in total. The molecule has 2 fully saturated rings. The largest absolute Gasteiger partial charge is 0.495 e. The number of aliphatic hydroxyl groups excluding tert-OH is 1. The molecule has 0 radical (unpaired) electrons. The number of ether oxygens (including phenoxy) is 2. The van der Waals surface area contributed by atoms with Gasteiger partial charge in [-0.05, 0) is 31.4 Å². The van der Waals surface area contributed by atoms with E-state index in [-0.39, 0.29) is 24.5 Å². The molecule has 0 spiro atoms. The van der Waals surface area contributed by atoms with Crippen molar-refractivity contribution in [2.45, 2.75) is 84.0 Å². The molecule has 1 aliphatic carbocycles. The van der Waals surface area contributed by atoms with Gasteiger partial charge < -0.3 is 14.6 Å². The molecule has 3 aliphatic rings. The molecule has 0 unspecified atom stereocenters. The Morgan fingerprint density at radius 3 is 2.57 bits per heavy atom. The van der Waals surface area contributed by atoms with Crippen LogP contribution in [0.4, 0.5) is 0 Å². The Kier molecular flexibility index (Phi) is 8.66. The van der Waals surface area contributed by atoms with Crippen molar-refractivity contribution >= 4 is 11.8 Å². The van der Waals surface area contributed by atoms with Crippen LogP contribution in [0.5, 0.6) is 0 Å². The Labute approximate surface area is 209 Å². The number of hydrogen-bond acceptors (Lipinski definition) is 5. The van der Waals surface area contributed by atoms with Gasteiger partial charge in [-0.3, -0.25) is 14.5 Å². The van der Waals surface area contributed by atoms with Gasteiger partial charge in [-0.2, -0.15) is 0 Å². The molecule has 2 aliphatic heterocycles. The van der Waals surface area contributed by atoms with E-state index in [0.717, 1.165) is 18.4 Å². The molecule has 2 amide bonds. The van der Waals surface area contributed by atoms with Gasteiger partial charge in [-0.25, -0.2) is 0 Å². The van der Waals surface area contributed by atoms with Gasteiger partial charge in [0.1, 0.15) is 17.6 Å². The van der Waals surface area contributed by atoms with Gasteiger partial charge in [-0.15, -0.1) is 0 Å². The van der Waals surface area contributed by atoms with E-state index in [1.807, 2.05) is 43.3 Å². The van der Waals surface area contributed by atoms with Crippen LogP contribution in [0.25, 0.3) is 0 Å². The predicted octanol–water partition coefficient (Wildman–Crippen LogP) is 5.12. The number of likely N-dealkylation sites (tertiary alicyclic amines) is 1. The number of hydrogen-bond donors (Lipinski definition) is 1. The maximum absolute atomic E-state index is 13.5. The molecule has 0 saturated carbocycles. The molecule has 35 heavy (non-hydrogen) atoms. The highest BCUT2D eigenvalue weighted by atomic mass is 16.5. The number of carbonyl (C=O) groups excluding carboxylic acids is 2. The second-order valence-electron chi connectivity index (χ2n) is 9.92. The van der Waals surface area contributed by atoms with Gasteiger partial charge in [0.25, 0.3) is 0 Å². The molecule has 1 aromatic rings. The molecule has 2 saturated heterocycles. The van der Waals surface area contributed by atoms with Crippen LogP contribution in [0.3, 0.4) is 0 Å². The van der Waals surface area contributed by atoms with E-state index < -0.39 is 23.9 Å². The Hall–Kier alpha value is -2.60. The van der Waals surface area contributed by atoms with Crippen LogP contribution in [0.2, 0.25) is 0 Å². The van der Waals surface area contributed by atoms with E-state index in [9.17, 15) is 14.7 Å². The minimum Gasteiger partial charge on any atom is -0.495 e. The van der Waals surface area contributed by atoms with Crippen molar-refractivity contribution in [2.24, 2.45) is 17.8 Å². The summed E-state index contributed by atoms with van der Waals surface area (Å²) >= 11 is 0. The van der Waals surface area contributed by atoms with Crippen LogP contribution in [0.1, 0.15) is 70.8 Å². The molecular formula is C29H39NO5. The number of nitrogens with zero attached hydrogens (tertiary/aromatic N) is 1. The fourth-order valence-corrected chi connectivity index (χ4v) is 5.69. The molecular weight excluding hydrogens is 442 g/mol. The summed E-state index contributed by atoms with van der Waals surface area (Å²) in [7, 11) is 0. The predicted molar refractivity (Wildman–Crippen MR) is 134 cm³/mol.